The van der Waals surface area contributed by atoms with Crippen LogP contribution >= 0.6 is 0 Å². The van der Waals surface area contributed by atoms with Crippen LogP contribution in [0.3, 0.4) is 0 Å². The third-order valence-electron chi connectivity index (χ3n) is 7.76. The Labute approximate surface area is 241 Å². The fourth-order valence-electron chi connectivity index (χ4n) is 4.93. The molecule has 0 spiro atoms. The fourth-order valence-corrected chi connectivity index (χ4v) is 5.75. The van der Waals surface area contributed by atoms with E-state index in [0.717, 1.165) is 62.7 Å². The molecule has 0 bridgehead atoms. The normalized spacial score (nSPS) is 16.4. The second-order valence-corrected chi connectivity index (χ2v) is 13.3. The smallest absolute Gasteiger partial charge is 0.379 e. The third-order valence-corrected chi connectivity index (χ3v) is 9.88. The summed E-state index contributed by atoms with van der Waals surface area (Å²) in [5, 5.41) is 9.34. The van der Waals surface area contributed by atoms with Crippen molar-refractivity contribution in [2.75, 3.05) is 39.1 Å². The summed E-state index contributed by atoms with van der Waals surface area (Å²) in [6.45, 7) is 5.66. The maximum atomic E-state index is 13.3. The topological polar surface area (TPSA) is 122 Å². The Bertz CT molecular complexity index is 1620. The predicted molar refractivity (Wildman–Crippen MR) is 150 cm³/mol. The van der Waals surface area contributed by atoms with E-state index >= 15 is 0 Å². The van der Waals surface area contributed by atoms with Gasteiger partial charge in [-0.3, -0.25) is 24.3 Å². The zero-order chi connectivity index (χ0) is 30.9. The highest BCUT2D eigenvalue weighted by molar-refractivity contribution is 7.92. The first-order chi connectivity index (χ1) is 19.6. The van der Waals surface area contributed by atoms with Crippen molar-refractivity contribution < 1.29 is 36.3 Å². The molecule has 4 rings (SSSR count). The molecule has 1 amide bonds. The summed E-state index contributed by atoms with van der Waals surface area (Å²) < 4.78 is 67.7. The van der Waals surface area contributed by atoms with E-state index in [1.807, 2.05) is 25.1 Å². The maximum Gasteiger partial charge on any atom is 0.473 e. The number of alkyl halides is 3. The highest BCUT2D eigenvalue weighted by Crippen LogP contribution is 2.29. The van der Waals surface area contributed by atoms with Crippen LogP contribution in [0.25, 0.3) is 22.0 Å². The second-order valence-electron chi connectivity index (χ2n) is 10.8. The van der Waals surface area contributed by atoms with Crippen molar-refractivity contribution in [2.24, 2.45) is 0 Å². The summed E-state index contributed by atoms with van der Waals surface area (Å²) >= 11 is 0. The average molecular weight is 611 g/mol. The van der Waals surface area contributed by atoms with Gasteiger partial charge in [-0.05, 0) is 48.6 Å². The van der Waals surface area contributed by atoms with E-state index in [2.05, 4.69) is 22.0 Å². The van der Waals surface area contributed by atoms with Gasteiger partial charge in [0.25, 0.3) is 5.56 Å². The molecule has 1 fully saturated rings. The summed E-state index contributed by atoms with van der Waals surface area (Å²) in [6.07, 6.45) is -3.70. The minimum Gasteiger partial charge on any atom is -0.379 e. The zero-order valence-corrected chi connectivity index (χ0v) is 24.3. The van der Waals surface area contributed by atoms with E-state index < -0.39 is 43.8 Å². The lowest BCUT2D eigenvalue weighted by Gasteiger charge is -2.31. The van der Waals surface area contributed by atoms with Crippen molar-refractivity contribution in [1.29, 1.82) is 0 Å². The number of ether oxygens (including phenoxy) is 1. The Balaban J connectivity index is 1.54. The van der Waals surface area contributed by atoms with Gasteiger partial charge in [-0.25, -0.2) is 18.5 Å². The van der Waals surface area contributed by atoms with Crippen molar-refractivity contribution in [3.63, 3.8) is 0 Å². The number of aromatic nitrogens is 2. The van der Waals surface area contributed by atoms with Crippen LogP contribution in [0.1, 0.15) is 24.5 Å². The highest BCUT2D eigenvalue weighted by atomic mass is 32.2. The summed E-state index contributed by atoms with van der Waals surface area (Å²) in [7, 11) is -4.08. The number of hydrogen-bond acceptors (Lipinski definition) is 8. The van der Waals surface area contributed by atoms with Gasteiger partial charge >= 0.3 is 12.1 Å². The molecule has 2 aromatic carbocycles. The fraction of sp³-hybridized carbons (Fsp3) is 0.464. The minimum absolute atomic E-state index is 0.231. The first-order valence-electron chi connectivity index (χ1n) is 13.3. The minimum atomic E-state index is -5.38. The zero-order valence-electron chi connectivity index (χ0n) is 23.5. The van der Waals surface area contributed by atoms with E-state index in [4.69, 9.17) is 4.74 Å². The highest BCUT2D eigenvalue weighted by Gasteiger charge is 2.46. The molecule has 1 aliphatic heterocycles. The van der Waals surface area contributed by atoms with Crippen molar-refractivity contribution in [3.05, 3.63) is 64.2 Å². The summed E-state index contributed by atoms with van der Waals surface area (Å²) in [5.41, 5.74) is 3.81. The first kappa shape index (κ1) is 31.6. The second kappa shape index (κ2) is 12.1. The molecule has 0 unspecified atom stereocenters. The van der Waals surface area contributed by atoms with Gasteiger partial charge in [-0.15, -0.1) is 0 Å². The Morgan fingerprint density at radius 2 is 1.76 bits per heavy atom. The molecule has 1 atom stereocenters. The van der Waals surface area contributed by atoms with Crippen LogP contribution in [0.15, 0.2) is 47.5 Å². The number of carbonyl (C=O) groups excluding carboxylic acids is 1. The number of nitrogens with zero attached hydrogens (tertiary/aromatic N) is 4. The van der Waals surface area contributed by atoms with Gasteiger partial charge in [0.2, 0.25) is 0 Å². The molecule has 3 aromatic rings. The number of rotatable bonds is 9. The van der Waals surface area contributed by atoms with Gasteiger partial charge in [-0.2, -0.15) is 13.2 Å². The molecule has 10 nitrogen and oxygen atoms in total. The molecule has 1 aromatic heterocycles. The molecule has 0 saturated carbocycles. The maximum absolute atomic E-state index is 13.3. The Morgan fingerprint density at radius 3 is 2.36 bits per heavy atom. The van der Waals surface area contributed by atoms with Gasteiger partial charge < -0.3 is 4.74 Å². The monoisotopic (exact) mass is 610 g/mol. The van der Waals surface area contributed by atoms with E-state index in [9.17, 15) is 36.4 Å². The molecular formula is C28H33F3N4O6S. The standard InChI is InChI=1S/C28H33F3N4O6S/c1-19-22(21-6-4-20(5-7-21)16-33-12-14-41-15-13-33)8-9-23-24(19)32-18-34(25(23)36)11-10-27(2,42(3,39)40)17-35(38)26(37)28(29,30)31/h4-9,18,38H,10-17H2,1-3H3/t27-/m1/s1. The summed E-state index contributed by atoms with van der Waals surface area (Å²) in [6, 6.07) is 11.6. The lowest BCUT2D eigenvalue weighted by atomic mass is 9.97. The SMILES string of the molecule is Cc1c(-c2ccc(CN3CCOCC3)cc2)ccc2c(=O)n(CC[C@](C)(CN(O)C(=O)C(F)(F)F)S(C)(=O)=O)cnc12. The van der Waals surface area contributed by atoms with Gasteiger partial charge in [0, 0.05) is 32.4 Å². The molecule has 42 heavy (non-hydrogen) atoms. The summed E-state index contributed by atoms with van der Waals surface area (Å²) in [5.74, 6) is -2.58. The number of fused-ring (bicyclic) bond motifs is 1. The lowest BCUT2D eigenvalue weighted by molar-refractivity contribution is -0.216. The van der Waals surface area contributed by atoms with Crippen LogP contribution < -0.4 is 5.56 Å². The quantitative estimate of drug-likeness (QED) is 0.290. The third kappa shape index (κ3) is 6.83. The van der Waals surface area contributed by atoms with Crippen LogP contribution in [0.4, 0.5) is 13.2 Å². The van der Waals surface area contributed by atoms with Crippen molar-refractivity contribution in [2.45, 2.75) is 44.3 Å². The number of hydrogen-bond donors (Lipinski definition) is 1. The number of benzene rings is 2. The number of aryl methyl sites for hydroxylation is 2. The Hall–Kier alpha value is -3.33. The average Bonchev–Trinajstić information content (AvgIpc) is 2.92. The van der Waals surface area contributed by atoms with Crippen molar-refractivity contribution >= 4 is 26.6 Å². The summed E-state index contributed by atoms with van der Waals surface area (Å²) in [4.78, 5) is 31.4. The number of hydroxylamine groups is 2. The number of morpholine rings is 1. The van der Waals surface area contributed by atoms with E-state index in [0.29, 0.717) is 10.9 Å². The molecule has 2 heterocycles. The number of amides is 1. The van der Waals surface area contributed by atoms with E-state index in [-0.39, 0.29) is 13.0 Å². The lowest BCUT2D eigenvalue weighted by Crippen LogP contribution is -2.51. The van der Waals surface area contributed by atoms with Crippen LogP contribution in [-0.2, 0) is 32.5 Å². The van der Waals surface area contributed by atoms with Crippen molar-refractivity contribution in [3.8, 4) is 11.1 Å². The molecule has 14 heteroatoms. The van der Waals surface area contributed by atoms with Crippen LogP contribution in [0, 0.1) is 6.92 Å². The first-order valence-corrected chi connectivity index (χ1v) is 15.2. The molecule has 1 aliphatic rings. The largest absolute Gasteiger partial charge is 0.473 e. The molecule has 228 valence electrons. The predicted octanol–water partition coefficient (Wildman–Crippen LogP) is 3.18. The number of sulfone groups is 1. The molecular weight excluding hydrogens is 577 g/mol. The molecule has 1 saturated heterocycles. The molecule has 0 radical (unpaired) electrons. The van der Waals surface area contributed by atoms with Crippen LogP contribution in [-0.4, -0.2) is 89.1 Å². The Morgan fingerprint density at radius 1 is 1.12 bits per heavy atom. The van der Waals surface area contributed by atoms with E-state index in [1.165, 1.54) is 16.5 Å². The molecule has 0 aliphatic carbocycles. The molecule has 1 N–H and O–H groups in total. The Kier molecular flexibility index (Phi) is 9.11. The number of carbonyl (C=O) groups is 1. The van der Waals surface area contributed by atoms with Crippen molar-refractivity contribution in [1.82, 2.24) is 19.5 Å². The number of halogens is 3. The van der Waals surface area contributed by atoms with Gasteiger partial charge in [-0.1, -0.05) is 30.3 Å². The van der Waals surface area contributed by atoms with Crippen LogP contribution in [0.2, 0.25) is 0 Å². The van der Waals surface area contributed by atoms with Gasteiger partial charge in [0.05, 0.1) is 41.7 Å². The van der Waals surface area contributed by atoms with Gasteiger partial charge in [0.1, 0.15) is 0 Å². The van der Waals surface area contributed by atoms with E-state index in [1.54, 1.807) is 6.07 Å². The van der Waals surface area contributed by atoms with Crippen LogP contribution in [0.5, 0.6) is 0 Å². The van der Waals surface area contributed by atoms with Gasteiger partial charge in [0.15, 0.2) is 9.84 Å².